The van der Waals surface area contributed by atoms with E-state index in [1.165, 1.54) is 6.42 Å². The van der Waals surface area contributed by atoms with E-state index in [0.717, 1.165) is 37.9 Å². The van der Waals surface area contributed by atoms with Gasteiger partial charge in [-0.3, -0.25) is 14.5 Å². The predicted molar refractivity (Wildman–Crippen MR) is 106 cm³/mol. The fraction of sp³-hybridized carbons (Fsp3) is 0.571. The number of likely N-dealkylation sites (tertiary alicyclic amines) is 1. The number of piperidine rings is 1. The summed E-state index contributed by atoms with van der Waals surface area (Å²) in [6.45, 7) is 6.25. The van der Waals surface area contributed by atoms with Crippen molar-refractivity contribution in [3.8, 4) is 0 Å². The van der Waals surface area contributed by atoms with Gasteiger partial charge in [0.15, 0.2) is 5.58 Å². The highest BCUT2D eigenvalue weighted by Gasteiger charge is 2.27. The van der Waals surface area contributed by atoms with Gasteiger partial charge in [0.25, 0.3) is 0 Å². The van der Waals surface area contributed by atoms with Crippen LogP contribution in [-0.2, 0) is 16.0 Å². The third-order valence-electron chi connectivity index (χ3n) is 5.98. The van der Waals surface area contributed by atoms with Crippen LogP contribution in [0.15, 0.2) is 28.8 Å². The first-order valence-corrected chi connectivity index (χ1v) is 10.2. The van der Waals surface area contributed by atoms with Crippen LogP contribution in [0.5, 0.6) is 0 Å². The van der Waals surface area contributed by atoms with Crippen LogP contribution in [0.3, 0.4) is 0 Å². The monoisotopic (exact) mass is 384 g/mol. The van der Waals surface area contributed by atoms with Crippen molar-refractivity contribution in [2.45, 2.75) is 38.6 Å². The van der Waals surface area contributed by atoms with Gasteiger partial charge in [0.1, 0.15) is 5.69 Å². The third kappa shape index (κ3) is 4.04. The van der Waals surface area contributed by atoms with E-state index in [1.807, 2.05) is 34.1 Å². The summed E-state index contributed by atoms with van der Waals surface area (Å²) in [4.78, 5) is 31.4. The van der Waals surface area contributed by atoms with Crippen molar-refractivity contribution in [1.29, 1.82) is 0 Å². The molecule has 28 heavy (non-hydrogen) atoms. The number of carbonyl (C=O) groups excluding carboxylic acids is 2. The van der Waals surface area contributed by atoms with Crippen LogP contribution in [-0.4, -0.2) is 77.0 Å². The van der Waals surface area contributed by atoms with E-state index in [9.17, 15) is 9.59 Å². The number of fused-ring (bicyclic) bond motifs is 1. The Labute approximate surface area is 165 Å². The molecular weight excluding hydrogens is 356 g/mol. The standard InChI is InChI=1S/C21H28N4O3/c1-16-6-4-5-9-25(16)21(27)15-23-10-12-24(13-11-23)20(26)14-18-17-7-2-3-8-19(17)28-22-18/h2-3,7-8,16H,4-6,9-15H2,1H3. The number of para-hydroxylation sites is 1. The molecule has 2 aliphatic heterocycles. The summed E-state index contributed by atoms with van der Waals surface area (Å²) in [5.41, 5.74) is 1.40. The maximum Gasteiger partial charge on any atom is 0.236 e. The molecule has 1 aromatic carbocycles. The lowest BCUT2D eigenvalue weighted by atomic mass is 10.0. The van der Waals surface area contributed by atoms with Crippen molar-refractivity contribution < 1.29 is 14.1 Å². The smallest absolute Gasteiger partial charge is 0.236 e. The molecule has 0 spiro atoms. The number of carbonyl (C=O) groups is 2. The molecule has 3 heterocycles. The molecule has 7 nitrogen and oxygen atoms in total. The lowest BCUT2D eigenvalue weighted by Gasteiger charge is -2.38. The minimum absolute atomic E-state index is 0.0645. The number of piperazine rings is 1. The van der Waals surface area contributed by atoms with Gasteiger partial charge in [-0.1, -0.05) is 17.3 Å². The summed E-state index contributed by atoms with van der Waals surface area (Å²) in [5.74, 6) is 0.288. The van der Waals surface area contributed by atoms with Crippen LogP contribution >= 0.6 is 0 Å². The van der Waals surface area contributed by atoms with Crippen molar-refractivity contribution in [2.24, 2.45) is 0 Å². The highest BCUT2D eigenvalue weighted by molar-refractivity contribution is 5.86. The maximum atomic E-state index is 12.7. The van der Waals surface area contributed by atoms with Crippen LogP contribution in [0.4, 0.5) is 0 Å². The van der Waals surface area contributed by atoms with Crippen molar-refractivity contribution in [3.05, 3.63) is 30.0 Å². The van der Waals surface area contributed by atoms with E-state index in [0.29, 0.717) is 37.0 Å². The molecular formula is C21H28N4O3. The fourth-order valence-electron chi connectivity index (χ4n) is 4.23. The number of amides is 2. The Morgan fingerprint density at radius 1 is 1.07 bits per heavy atom. The molecule has 1 aromatic heterocycles. The molecule has 7 heteroatoms. The van der Waals surface area contributed by atoms with E-state index in [1.54, 1.807) is 0 Å². The van der Waals surface area contributed by atoms with E-state index in [-0.39, 0.29) is 18.2 Å². The van der Waals surface area contributed by atoms with Crippen molar-refractivity contribution >= 4 is 22.8 Å². The molecule has 1 unspecified atom stereocenters. The lowest BCUT2D eigenvalue weighted by molar-refractivity contribution is -0.137. The zero-order valence-corrected chi connectivity index (χ0v) is 16.5. The number of rotatable bonds is 4. The zero-order valence-electron chi connectivity index (χ0n) is 16.5. The van der Waals surface area contributed by atoms with E-state index in [4.69, 9.17) is 4.52 Å². The van der Waals surface area contributed by atoms with Crippen molar-refractivity contribution in [1.82, 2.24) is 19.9 Å². The second-order valence-electron chi connectivity index (χ2n) is 7.89. The van der Waals surface area contributed by atoms with Gasteiger partial charge in [-0.15, -0.1) is 0 Å². The quantitative estimate of drug-likeness (QED) is 0.805. The number of hydrogen-bond donors (Lipinski definition) is 0. The van der Waals surface area contributed by atoms with Gasteiger partial charge in [0, 0.05) is 44.2 Å². The van der Waals surface area contributed by atoms with Gasteiger partial charge in [0.05, 0.1) is 13.0 Å². The van der Waals surface area contributed by atoms with E-state index in [2.05, 4.69) is 17.0 Å². The Hall–Kier alpha value is -2.41. The molecule has 0 aliphatic carbocycles. The van der Waals surface area contributed by atoms with Gasteiger partial charge < -0.3 is 14.3 Å². The molecule has 150 valence electrons. The van der Waals surface area contributed by atoms with Gasteiger partial charge in [-0.25, -0.2) is 0 Å². The highest BCUT2D eigenvalue weighted by atomic mass is 16.5. The molecule has 4 rings (SSSR count). The van der Waals surface area contributed by atoms with Crippen molar-refractivity contribution in [2.75, 3.05) is 39.3 Å². The van der Waals surface area contributed by atoms with E-state index >= 15 is 0 Å². The van der Waals surface area contributed by atoms with Gasteiger partial charge in [-0.2, -0.15) is 0 Å². The molecule has 2 aliphatic rings. The first-order valence-electron chi connectivity index (χ1n) is 10.2. The zero-order chi connectivity index (χ0) is 19.5. The molecule has 0 saturated carbocycles. The Morgan fingerprint density at radius 2 is 1.86 bits per heavy atom. The molecule has 2 fully saturated rings. The molecule has 0 bridgehead atoms. The SMILES string of the molecule is CC1CCCCN1C(=O)CN1CCN(C(=O)Cc2noc3ccccc23)CC1. The minimum Gasteiger partial charge on any atom is -0.356 e. The average molecular weight is 384 g/mol. The summed E-state index contributed by atoms with van der Waals surface area (Å²) in [6.07, 6.45) is 3.67. The first kappa shape index (κ1) is 18.9. The molecule has 2 amide bonds. The topological polar surface area (TPSA) is 69.9 Å². The Bertz CT molecular complexity index is 841. The summed E-state index contributed by atoms with van der Waals surface area (Å²) in [7, 11) is 0. The van der Waals surface area contributed by atoms with E-state index < -0.39 is 0 Å². The summed E-state index contributed by atoms with van der Waals surface area (Å²) < 4.78 is 5.29. The number of aromatic nitrogens is 1. The Kier molecular flexibility index (Phi) is 5.62. The van der Waals surface area contributed by atoms with Crippen LogP contribution in [0.25, 0.3) is 11.0 Å². The minimum atomic E-state index is 0.0645. The second kappa shape index (κ2) is 8.31. The third-order valence-corrected chi connectivity index (χ3v) is 5.98. The molecule has 2 aromatic rings. The number of benzene rings is 1. The molecule has 0 N–H and O–H groups in total. The van der Waals surface area contributed by atoms with Crippen LogP contribution in [0, 0.1) is 0 Å². The normalized spacial score (nSPS) is 21.2. The molecule has 1 atom stereocenters. The Morgan fingerprint density at radius 3 is 2.64 bits per heavy atom. The van der Waals surface area contributed by atoms with Gasteiger partial charge >= 0.3 is 0 Å². The first-order chi connectivity index (χ1) is 13.6. The maximum absolute atomic E-state index is 12.7. The number of nitrogens with zero attached hydrogens (tertiary/aromatic N) is 4. The molecule has 0 radical (unpaired) electrons. The summed E-state index contributed by atoms with van der Waals surface area (Å²) >= 11 is 0. The van der Waals surface area contributed by atoms with Crippen LogP contribution < -0.4 is 0 Å². The molecule has 2 saturated heterocycles. The van der Waals surface area contributed by atoms with Crippen LogP contribution in [0.1, 0.15) is 31.9 Å². The Balaban J connectivity index is 1.28. The van der Waals surface area contributed by atoms with Gasteiger partial charge in [0.2, 0.25) is 11.8 Å². The largest absolute Gasteiger partial charge is 0.356 e. The average Bonchev–Trinajstić information content (AvgIpc) is 3.12. The van der Waals surface area contributed by atoms with Crippen LogP contribution in [0.2, 0.25) is 0 Å². The fourth-order valence-corrected chi connectivity index (χ4v) is 4.23. The number of hydrogen-bond acceptors (Lipinski definition) is 5. The lowest BCUT2D eigenvalue weighted by Crippen LogP contribution is -2.53. The predicted octanol–water partition coefficient (Wildman–Crippen LogP) is 1.92. The highest BCUT2D eigenvalue weighted by Crippen LogP contribution is 2.19. The van der Waals surface area contributed by atoms with Crippen molar-refractivity contribution in [3.63, 3.8) is 0 Å². The van der Waals surface area contributed by atoms with Gasteiger partial charge in [-0.05, 0) is 38.3 Å². The summed E-state index contributed by atoms with van der Waals surface area (Å²) in [6, 6.07) is 7.95. The second-order valence-corrected chi connectivity index (χ2v) is 7.89. The summed E-state index contributed by atoms with van der Waals surface area (Å²) in [5, 5.41) is 4.96.